The maximum atomic E-state index is 12.1. The number of benzene rings is 1. The molecule has 2 rings (SSSR count). The number of amides is 1. The van der Waals surface area contributed by atoms with Crippen molar-refractivity contribution in [1.82, 2.24) is 4.90 Å². The van der Waals surface area contributed by atoms with Gasteiger partial charge in [-0.05, 0) is 24.5 Å². The molecule has 1 aromatic rings. The van der Waals surface area contributed by atoms with E-state index in [-0.39, 0.29) is 19.1 Å². The van der Waals surface area contributed by atoms with Crippen molar-refractivity contribution in [3.8, 4) is 0 Å². The predicted molar refractivity (Wildman–Crippen MR) is 82.2 cm³/mol. The van der Waals surface area contributed by atoms with Gasteiger partial charge in [-0.3, -0.25) is 4.90 Å². The lowest BCUT2D eigenvalue weighted by molar-refractivity contribution is -0.138. The van der Waals surface area contributed by atoms with E-state index in [1.54, 1.807) is 6.92 Å². The second-order valence-electron chi connectivity index (χ2n) is 5.05. The minimum Gasteiger partial charge on any atom is -0.463 e. The molecule has 0 fully saturated rings. The summed E-state index contributed by atoms with van der Waals surface area (Å²) in [7, 11) is 0. The van der Waals surface area contributed by atoms with E-state index in [0.717, 1.165) is 17.6 Å². The van der Waals surface area contributed by atoms with Crippen molar-refractivity contribution in [1.29, 1.82) is 0 Å². The Balaban J connectivity index is 1.92. The summed E-state index contributed by atoms with van der Waals surface area (Å²) in [5.74, 6) is -0.335. The first-order valence-corrected chi connectivity index (χ1v) is 7.49. The smallest absolute Gasteiger partial charge is 0.410 e. The fraction of sp³-hybridized carbons (Fsp3) is 0.412. The van der Waals surface area contributed by atoms with E-state index in [4.69, 9.17) is 9.47 Å². The van der Waals surface area contributed by atoms with Crippen LogP contribution in [-0.2, 0) is 20.9 Å². The highest BCUT2D eigenvalue weighted by molar-refractivity contribution is 5.91. The van der Waals surface area contributed by atoms with E-state index < -0.39 is 6.09 Å². The Morgan fingerprint density at radius 2 is 1.82 bits per heavy atom. The standard InChI is InChI=1S/C17H21NO4/c1-3-14-10-18(11-15(14)16(19)21-4-2)17(20)22-12-13-8-6-5-7-9-13/h5-9H,3-4,10-12H2,1-2H3. The summed E-state index contributed by atoms with van der Waals surface area (Å²) >= 11 is 0. The Bertz CT molecular complexity index is 565. The van der Waals surface area contributed by atoms with Gasteiger partial charge in [-0.2, -0.15) is 0 Å². The first-order chi connectivity index (χ1) is 10.7. The molecule has 1 amide bonds. The van der Waals surface area contributed by atoms with Crippen LogP contribution in [-0.4, -0.2) is 36.7 Å². The summed E-state index contributed by atoms with van der Waals surface area (Å²) in [6.45, 7) is 4.98. The zero-order chi connectivity index (χ0) is 15.9. The Labute approximate surface area is 130 Å². The number of ether oxygens (including phenoxy) is 2. The molecule has 5 nitrogen and oxygen atoms in total. The number of esters is 1. The van der Waals surface area contributed by atoms with Gasteiger partial charge in [0.25, 0.3) is 0 Å². The van der Waals surface area contributed by atoms with Crippen molar-refractivity contribution < 1.29 is 19.1 Å². The molecule has 0 aliphatic carbocycles. The average Bonchev–Trinajstić information content (AvgIpc) is 2.98. The van der Waals surface area contributed by atoms with Crippen molar-refractivity contribution in [2.24, 2.45) is 0 Å². The van der Waals surface area contributed by atoms with Crippen LogP contribution in [0.15, 0.2) is 41.5 Å². The van der Waals surface area contributed by atoms with Crippen LogP contribution in [0.5, 0.6) is 0 Å². The van der Waals surface area contributed by atoms with E-state index in [9.17, 15) is 9.59 Å². The highest BCUT2D eigenvalue weighted by Crippen LogP contribution is 2.22. The van der Waals surface area contributed by atoms with E-state index >= 15 is 0 Å². The summed E-state index contributed by atoms with van der Waals surface area (Å²) < 4.78 is 10.3. The molecule has 0 aromatic heterocycles. The number of carbonyl (C=O) groups is 2. The molecule has 0 saturated carbocycles. The Hall–Kier alpha value is -2.30. The van der Waals surface area contributed by atoms with Crippen LogP contribution < -0.4 is 0 Å². The lowest BCUT2D eigenvalue weighted by Gasteiger charge is -2.16. The summed E-state index contributed by atoms with van der Waals surface area (Å²) in [6, 6.07) is 9.51. The fourth-order valence-electron chi connectivity index (χ4n) is 2.38. The molecule has 0 N–H and O–H groups in total. The molecule has 0 saturated heterocycles. The van der Waals surface area contributed by atoms with Gasteiger partial charge in [0, 0.05) is 6.54 Å². The molecule has 0 unspecified atom stereocenters. The monoisotopic (exact) mass is 303 g/mol. The normalized spacial score (nSPS) is 14.2. The molecule has 118 valence electrons. The Kier molecular flexibility index (Phi) is 5.58. The van der Waals surface area contributed by atoms with E-state index in [1.807, 2.05) is 37.3 Å². The van der Waals surface area contributed by atoms with Crippen LogP contribution in [0, 0.1) is 0 Å². The topological polar surface area (TPSA) is 55.8 Å². The van der Waals surface area contributed by atoms with Gasteiger partial charge in [-0.25, -0.2) is 9.59 Å². The third-order valence-electron chi connectivity index (χ3n) is 3.57. The zero-order valence-corrected chi connectivity index (χ0v) is 13.0. The average molecular weight is 303 g/mol. The lowest BCUT2D eigenvalue weighted by Crippen LogP contribution is -2.30. The van der Waals surface area contributed by atoms with Gasteiger partial charge in [-0.1, -0.05) is 37.3 Å². The SMILES string of the molecule is CCOC(=O)C1=C(CC)CN(C(=O)OCc2ccccc2)C1. The maximum absolute atomic E-state index is 12.1. The number of rotatable bonds is 5. The van der Waals surface area contributed by atoms with Crippen LogP contribution in [0.3, 0.4) is 0 Å². The molecular weight excluding hydrogens is 282 g/mol. The number of hydrogen-bond acceptors (Lipinski definition) is 4. The second kappa shape index (κ2) is 7.64. The van der Waals surface area contributed by atoms with Gasteiger partial charge < -0.3 is 9.47 Å². The summed E-state index contributed by atoms with van der Waals surface area (Å²) in [5.41, 5.74) is 2.46. The Morgan fingerprint density at radius 1 is 1.09 bits per heavy atom. The van der Waals surface area contributed by atoms with E-state index in [1.165, 1.54) is 4.90 Å². The molecule has 0 atom stereocenters. The van der Waals surface area contributed by atoms with Crippen molar-refractivity contribution in [3.05, 3.63) is 47.0 Å². The first kappa shape index (κ1) is 16.1. The largest absolute Gasteiger partial charge is 0.463 e. The van der Waals surface area contributed by atoms with Gasteiger partial charge in [0.1, 0.15) is 6.61 Å². The Morgan fingerprint density at radius 3 is 2.45 bits per heavy atom. The van der Waals surface area contributed by atoms with Crippen molar-refractivity contribution in [2.45, 2.75) is 26.9 Å². The van der Waals surface area contributed by atoms with Crippen LogP contribution >= 0.6 is 0 Å². The van der Waals surface area contributed by atoms with Gasteiger partial charge in [0.15, 0.2) is 0 Å². The highest BCUT2D eigenvalue weighted by atomic mass is 16.6. The molecule has 0 spiro atoms. The molecule has 0 bridgehead atoms. The molecule has 1 aliphatic heterocycles. The van der Waals surface area contributed by atoms with Gasteiger partial charge in [0.2, 0.25) is 0 Å². The molecule has 1 heterocycles. The molecule has 5 heteroatoms. The number of nitrogens with zero attached hydrogens (tertiary/aromatic N) is 1. The predicted octanol–water partition coefficient (Wildman–Crippen LogP) is 2.91. The summed E-state index contributed by atoms with van der Waals surface area (Å²) in [5, 5.41) is 0. The van der Waals surface area contributed by atoms with Crippen molar-refractivity contribution in [3.63, 3.8) is 0 Å². The second-order valence-corrected chi connectivity index (χ2v) is 5.05. The van der Waals surface area contributed by atoms with Gasteiger partial charge >= 0.3 is 12.1 Å². The van der Waals surface area contributed by atoms with Crippen LogP contribution in [0.1, 0.15) is 25.8 Å². The maximum Gasteiger partial charge on any atom is 0.410 e. The first-order valence-electron chi connectivity index (χ1n) is 7.49. The minimum absolute atomic E-state index is 0.229. The molecular formula is C17H21NO4. The minimum atomic E-state index is -0.408. The van der Waals surface area contributed by atoms with Gasteiger partial charge in [-0.15, -0.1) is 0 Å². The lowest BCUT2D eigenvalue weighted by atomic mass is 10.1. The van der Waals surface area contributed by atoms with E-state index in [2.05, 4.69) is 0 Å². The molecule has 1 aliphatic rings. The third kappa shape index (κ3) is 3.87. The van der Waals surface area contributed by atoms with Crippen LogP contribution in [0.25, 0.3) is 0 Å². The zero-order valence-electron chi connectivity index (χ0n) is 13.0. The third-order valence-corrected chi connectivity index (χ3v) is 3.57. The van der Waals surface area contributed by atoms with Gasteiger partial charge in [0.05, 0.1) is 18.7 Å². The molecule has 0 radical (unpaired) electrons. The molecule has 1 aromatic carbocycles. The molecule has 22 heavy (non-hydrogen) atoms. The fourth-order valence-corrected chi connectivity index (χ4v) is 2.38. The number of hydrogen-bond donors (Lipinski definition) is 0. The highest BCUT2D eigenvalue weighted by Gasteiger charge is 2.30. The van der Waals surface area contributed by atoms with E-state index in [0.29, 0.717) is 18.7 Å². The van der Waals surface area contributed by atoms with Crippen LogP contribution in [0.4, 0.5) is 4.79 Å². The summed E-state index contributed by atoms with van der Waals surface area (Å²) in [4.78, 5) is 25.6. The number of carbonyl (C=O) groups excluding carboxylic acids is 2. The van der Waals surface area contributed by atoms with Crippen molar-refractivity contribution in [2.75, 3.05) is 19.7 Å². The summed E-state index contributed by atoms with van der Waals surface area (Å²) in [6.07, 6.45) is 0.311. The quantitative estimate of drug-likeness (QED) is 0.785. The van der Waals surface area contributed by atoms with Crippen molar-refractivity contribution >= 4 is 12.1 Å². The van der Waals surface area contributed by atoms with Crippen LogP contribution in [0.2, 0.25) is 0 Å².